The van der Waals surface area contributed by atoms with Crippen LogP contribution in [0.15, 0.2) is 18.2 Å². The van der Waals surface area contributed by atoms with Gasteiger partial charge in [0.25, 0.3) is 0 Å². The Bertz CT molecular complexity index is 739. The van der Waals surface area contributed by atoms with Gasteiger partial charge >= 0.3 is 13.2 Å². The molecule has 1 saturated carbocycles. The molecule has 0 bridgehead atoms. The number of hydrogen-bond acceptors (Lipinski definition) is 5. The number of carbonyl (C=O) groups is 1. The topological polar surface area (TPSA) is 68.2 Å². The predicted octanol–water partition coefficient (Wildman–Crippen LogP) is 1.58. The van der Waals surface area contributed by atoms with Crippen LogP contribution in [-0.4, -0.2) is 47.8 Å². The molecule has 1 aromatic carbocycles. The first kappa shape index (κ1) is 16.8. The SMILES string of the molecule is CC1(C)OB(c2ccc(N3CC4(C[C@H]4O)OC3=O)cc2F)OC1(C)C. The summed E-state index contributed by atoms with van der Waals surface area (Å²) in [5.74, 6) is -0.513. The highest BCUT2D eigenvalue weighted by molar-refractivity contribution is 6.62. The van der Waals surface area contributed by atoms with Crippen LogP contribution in [0.25, 0.3) is 0 Å². The Labute approximate surface area is 146 Å². The standard InChI is InChI=1S/C17H21BFNO5/c1-15(2)16(3,4)25-18(24-15)11-6-5-10(7-12(11)19)20-9-17(8-13(17)21)23-14(20)22/h5-7,13,21H,8-9H2,1-4H3/t13-,17?/m1/s1. The highest BCUT2D eigenvalue weighted by Gasteiger charge is 2.63. The van der Waals surface area contributed by atoms with Crippen LogP contribution in [-0.2, 0) is 14.0 Å². The van der Waals surface area contributed by atoms with Crippen LogP contribution in [0.4, 0.5) is 14.9 Å². The smallest absolute Gasteiger partial charge is 0.438 e. The van der Waals surface area contributed by atoms with Gasteiger partial charge in [-0.3, -0.25) is 4.90 Å². The summed E-state index contributed by atoms with van der Waals surface area (Å²) in [6, 6.07) is 4.47. The van der Waals surface area contributed by atoms with Gasteiger partial charge in [0, 0.05) is 11.9 Å². The van der Waals surface area contributed by atoms with Gasteiger partial charge in [0.15, 0.2) is 5.60 Å². The van der Waals surface area contributed by atoms with Gasteiger partial charge in [0.05, 0.1) is 29.5 Å². The third-order valence-corrected chi connectivity index (χ3v) is 5.73. The molecule has 8 heteroatoms. The molecule has 1 spiro atoms. The maximum absolute atomic E-state index is 14.7. The van der Waals surface area contributed by atoms with Crippen LogP contribution in [0.3, 0.4) is 0 Å². The number of carbonyl (C=O) groups excluding carboxylic acids is 1. The molecule has 1 unspecified atom stereocenters. The van der Waals surface area contributed by atoms with Gasteiger partial charge < -0.3 is 19.2 Å². The lowest BCUT2D eigenvalue weighted by atomic mass is 9.78. The van der Waals surface area contributed by atoms with Crippen molar-refractivity contribution in [3.05, 3.63) is 24.0 Å². The minimum absolute atomic E-state index is 0.224. The van der Waals surface area contributed by atoms with Crippen molar-refractivity contribution >= 4 is 24.4 Å². The molecule has 6 nitrogen and oxygen atoms in total. The molecule has 134 valence electrons. The fraction of sp³-hybridized carbons (Fsp3) is 0.588. The van der Waals surface area contributed by atoms with Crippen LogP contribution >= 0.6 is 0 Å². The van der Waals surface area contributed by atoms with Crippen LogP contribution in [0.1, 0.15) is 34.1 Å². The summed E-state index contributed by atoms with van der Waals surface area (Å²) in [5.41, 5.74) is -1.26. The van der Waals surface area contributed by atoms with Gasteiger partial charge in [-0.05, 0) is 39.8 Å². The molecule has 1 N–H and O–H groups in total. The number of halogens is 1. The van der Waals surface area contributed by atoms with Crippen molar-refractivity contribution in [2.75, 3.05) is 11.4 Å². The minimum Gasteiger partial charge on any atom is -0.438 e. The van der Waals surface area contributed by atoms with Crippen molar-refractivity contribution in [2.45, 2.75) is 57.0 Å². The van der Waals surface area contributed by atoms with E-state index in [2.05, 4.69) is 0 Å². The Hall–Kier alpha value is -1.64. The zero-order chi connectivity index (χ0) is 18.2. The van der Waals surface area contributed by atoms with Gasteiger partial charge in [0.1, 0.15) is 5.82 Å². The molecular weight excluding hydrogens is 328 g/mol. The van der Waals surface area contributed by atoms with Crippen molar-refractivity contribution in [1.29, 1.82) is 0 Å². The van der Waals surface area contributed by atoms with E-state index in [1.165, 1.54) is 11.0 Å². The largest absolute Gasteiger partial charge is 0.497 e. The van der Waals surface area contributed by atoms with Gasteiger partial charge in [0.2, 0.25) is 0 Å². The van der Waals surface area contributed by atoms with Crippen molar-refractivity contribution in [3.63, 3.8) is 0 Å². The summed E-state index contributed by atoms with van der Waals surface area (Å²) in [7, 11) is -0.804. The number of benzene rings is 1. The Morgan fingerprint density at radius 1 is 1.24 bits per heavy atom. The van der Waals surface area contributed by atoms with Crippen molar-refractivity contribution in [3.8, 4) is 0 Å². The average molecular weight is 349 g/mol. The summed E-state index contributed by atoms with van der Waals surface area (Å²) in [6.45, 7) is 7.84. The van der Waals surface area contributed by atoms with E-state index in [1.807, 2.05) is 27.7 Å². The normalized spacial score (nSPS) is 32.4. The van der Waals surface area contributed by atoms with Crippen LogP contribution < -0.4 is 10.4 Å². The number of rotatable bonds is 2. The molecule has 25 heavy (non-hydrogen) atoms. The summed E-state index contributed by atoms with van der Waals surface area (Å²) in [5, 5.41) is 9.63. The van der Waals surface area contributed by atoms with E-state index in [-0.39, 0.29) is 12.0 Å². The van der Waals surface area contributed by atoms with E-state index in [0.29, 0.717) is 12.1 Å². The molecule has 3 fully saturated rings. The maximum atomic E-state index is 14.7. The van der Waals surface area contributed by atoms with Crippen LogP contribution in [0, 0.1) is 5.82 Å². The number of aliphatic hydroxyl groups excluding tert-OH is 1. The van der Waals surface area contributed by atoms with E-state index in [4.69, 9.17) is 14.0 Å². The number of nitrogens with zero attached hydrogens (tertiary/aromatic N) is 1. The van der Waals surface area contributed by atoms with Crippen molar-refractivity contribution in [2.24, 2.45) is 0 Å². The molecular formula is C17H21BFNO5. The fourth-order valence-electron chi connectivity index (χ4n) is 3.18. The molecule has 2 aliphatic heterocycles. The highest BCUT2D eigenvalue weighted by atomic mass is 19.1. The van der Waals surface area contributed by atoms with Gasteiger partial charge in [-0.15, -0.1) is 0 Å². The molecule has 0 radical (unpaired) electrons. The molecule has 2 atom stereocenters. The van der Waals surface area contributed by atoms with Gasteiger partial charge in [-0.1, -0.05) is 6.07 Å². The number of hydrogen-bond donors (Lipinski definition) is 1. The van der Waals surface area contributed by atoms with Gasteiger partial charge in [-0.2, -0.15) is 0 Å². The molecule has 1 amide bonds. The second-order valence-electron chi connectivity index (χ2n) is 8.03. The molecule has 4 rings (SSSR count). The van der Waals surface area contributed by atoms with E-state index < -0.39 is 41.9 Å². The third kappa shape index (κ3) is 2.46. The first-order valence-corrected chi connectivity index (χ1v) is 8.38. The zero-order valence-electron chi connectivity index (χ0n) is 14.7. The fourth-order valence-corrected chi connectivity index (χ4v) is 3.18. The monoisotopic (exact) mass is 349 g/mol. The number of anilines is 1. The molecule has 0 aromatic heterocycles. The van der Waals surface area contributed by atoms with Crippen LogP contribution in [0.5, 0.6) is 0 Å². The molecule has 2 heterocycles. The lowest BCUT2D eigenvalue weighted by Gasteiger charge is -2.32. The summed E-state index contributed by atoms with van der Waals surface area (Å²) < 4.78 is 31.7. The number of aliphatic hydroxyl groups is 1. The summed E-state index contributed by atoms with van der Waals surface area (Å²) in [4.78, 5) is 13.4. The summed E-state index contributed by atoms with van der Waals surface area (Å²) in [6.07, 6.45) is -0.793. The molecule has 1 aromatic rings. The Morgan fingerprint density at radius 3 is 2.32 bits per heavy atom. The Morgan fingerprint density at radius 2 is 1.84 bits per heavy atom. The van der Waals surface area contributed by atoms with Crippen molar-refractivity contribution in [1.82, 2.24) is 0 Å². The predicted molar refractivity (Wildman–Crippen MR) is 89.3 cm³/mol. The Kier molecular flexibility index (Phi) is 3.34. The quantitative estimate of drug-likeness (QED) is 0.822. The molecule has 2 saturated heterocycles. The minimum atomic E-state index is -0.821. The first-order valence-electron chi connectivity index (χ1n) is 8.38. The number of ether oxygens (including phenoxy) is 1. The Balaban J connectivity index is 1.57. The van der Waals surface area contributed by atoms with E-state index in [1.54, 1.807) is 12.1 Å². The van der Waals surface area contributed by atoms with Crippen LogP contribution in [0.2, 0.25) is 0 Å². The zero-order valence-corrected chi connectivity index (χ0v) is 14.7. The average Bonchev–Trinajstić information content (AvgIpc) is 2.86. The lowest BCUT2D eigenvalue weighted by Crippen LogP contribution is -2.41. The lowest BCUT2D eigenvalue weighted by molar-refractivity contribution is 0.00578. The molecule has 3 aliphatic rings. The summed E-state index contributed by atoms with van der Waals surface area (Å²) >= 11 is 0. The van der Waals surface area contributed by atoms with Gasteiger partial charge in [-0.25, -0.2) is 9.18 Å². The number of amides is 1. The van der Waals surface area contributed by atoms with E-state index in [0.717, 1.165) is 0 Å². The first-order chi connectivity index (χ1) is 11.5. The van der Waals surface area contributed by atoms with E-state index in [9.17, 15) is 14.3 Å². The van der Waals surface area contributed by atoms with Crippen molar-refractivity contribution < 1.29 is 28.3 Å². The second-order valence-corrected chi connectivity index (χ2v) is 8.03. The molecule has 1 aliphatic carbocycles. The maximum Gasteiger partial charge on any atom is 0.497 e. The van der Waals surface area contributed by atoms with E-state index >= 15 is 0 Å². The second kappa shape index (κ2) is 4.96. The third-order valence-electron chi connectivity index (χ3n) is 5.73. The highest BCUT2D eigenvalue weighted by Crippen LogP contribution is 2.46.